The number of pyridine rings is 1. The number of benzene rings is 1. The molecule has 2 N–H and O–H groups in total. The third kappa shape index (κ3) is 2.68. The van der Waals surface area contributed by atoms with Crippen LogP contribution in [0.4, 0.5) is 0 Å². The summed E-state index contributed by atoms with van der Waals surface area (Å²) >= 11 is 0. The summed E-state index contributed by atoms with van der Waals surface area (Å²) in [4.78, 5) is 16.7. The van der Waals surface area contributed by atoms with E-state index in [4.69, 9.17) is 5.73 Å². The Morgan fingerprint density at radius 3 is 2.52 bits per heavy atom. The molecule has 5 nitrogen and oxygen atoms in total. The molecule has 0 bridgehead atoms. The van der Waals surface area contributed by atoms with Gasteiger partial charge in [0.2, 0.25) is 0 Å². The van der Waals surface area contributed by atoms with Crippen LogP contribution in [-0.4, -0.2) is 14.8 Å². The Bertz CT molecular complexity index is 811. The van der Waals surface area contributed by atoms with Crippen LogP contribution in [0, 0.1) is 0 Å². The Kier molecular flexibility index (Phi) is 3.75. The minimum absolute atomic E-state index is 0.0845. The van der Waals surface area contributed by atoms with E-state index in [0.717, 1.165) is 16.8 Å². The molecule has 106 valence electrons. The number of hydrogen-bond donors (Lipinski definition) is 1. The minimum Gasteiger partial charge on any atom is -0.325 e. The lowest BCUT2D eigenvalue weighted by Gasteiger charge is -2.09. The third-order valence-electron chi connectivity index (χ3n) is 3.44. The van der Waals surface area contributed by atoms with E-state index in [1.165, 1.54) is 4.68 Å². The van der Waals surface area contributed by atoms with Gasteiger partial charge in [-0.2, -0.15) is 5.10 Å². The fourth-order valence-electron chi connectivity index (χ4n) is 2.37. The second-order valence-electron chi connectivity index (χ2n) is 4.80. The average molecular weight is 280 g/mol. The average Bonchev–Trinajstić information content (AvgIpc) is 2.55. The summed E-state index contributed by atoms with van der Waals surface area (Å²) in [6.45, 7) is 0.804. The Morgan fingerprint density at radius 2 is 1.81 bits per heavy atom. The van der Waals surface area contributed by atoms with Crippen LogP contribution in [-0.2, 0) is 19.5 Å². The Morgan fingerprint density at radius 1 is 1.05 bits per heavy atom. The van der Waals surface area contributed by atoms with E-state index < -0.39 is 0 Å². The molecule has 0 spiro atoms. The van der Waals surface area contributed by atoms with Gasteiger partial charge in [-0.15, -0.1) is 0 Å². The maximum atomic E-state index is 12.5. The van der Waals surface area contributed by atoms with Crippen LogP contribution in [0.1, 0.15) is 11.4 Å². The zero-order valence-electron chi connectivity index (χ0n) is 11.6. The summed E-state index contributed by atoms with van der Waals surface area (Å²) in [7, 11) is 0. The molecule has 2 heterocycles. The van der Waals surface area contributed by atoms with E-state index in [0.29, 0.717) is 24.9 Å². The minimum atomic E-state index is -0.0845. The molecular weight excluding hydrogens is 264 g/mol. The molecule has 21 heavy (non-hydrogen) atoms. The summed E-state index contributed by atoms with van der Waals surface area (Å²) < 4.78 is 1.49. The number of aromatic nitrogens is 3. The van der Waals surface area contributed by atoms with E-state index in [1.807, 2.05) is 42.5 Å². The summed E-state index contributed by atoms with van der Waals surface area (Å²) in [6.07, 6.45) is 2.41. The summed E-state index contributed by atoms with van der Waals surface area (Å²) in [5, 5.41) is 5.88. The molecule has 0 aliphatic heterocycles. The first-order valence-corrected chi connectivity index (χ1v) is 6.88. The maximum Gasteiger partial charge on any atom is 0.274 e. The van der Waals surface area contributed by atoms with Crippen molar-refractivity contribution in [1.29, 1.82) is 0 Å². The number of nitrogens with two attached hydrogens (primary N) is 1. The van der Waals surface area contributed by atoms with Crippen LogP contribution in [0.3, 0.4) is 0 Å². The van der Waals surface area contributed by atoms with Gasteiger partial charge in [0.25, 0.3) is 5.56 Å². The monoisotopic (exact) mass is 280 g/mol. The van der Waals surface area contributed by atoms with Gasteiger partial charge in [-0.3, -0.25) is 9.78 Å². The normalized spacial score (nSPS) is 10.9. The first-order valence-electron chi connectivity index (χ1n) is 6.88. The quantitative estimate of drug-likeness (QED) is 0.786. The van der Waals surface area contributed by atoms with E-state index in [1.54, 1.807) is 6.20 Å². The molecule has 3 aromatic rings. The Balaban J connectivity index is 1.99. The fraction of sp³-hybridized carbons (Fsp3) is 0.188. The Labute approximate surface area is 122 Å². The molecule has 2 aromatic heterocycles. The van der Waals surface area contributed by atoms with Crippen molar-refractivity contribution in [2.75, 3.05) is 0 Å². The first kappa shape index (κ1) is 13.5. The molecule has 0 aliphatic carbocycles. The van der Waals surface area contributed by atoms with Crippen molar-refractivity contribution < 1.29 is 0 Å². The van der Waals surface area contributed by atoms with Crippen molar-refractivity contribution in [3.8, 4) is 0 Å². The van der Waals surface area contributed by atoms with Crippen molar-refractivity contribution in [3.63, 3.8) is 0 Å². The van der Waals surface area contributed by atoms with Crippen LogP contribution in [0.25, 0.3) is 10.8 Å². The van der Waals surface area contributed by atoms with Gasteiger partial charge in [0, 0.05) is 30.2 Å². The summed E-state index contributed by atoms with van der Waals surface area (Å²) in [5.41, 5.74) is 7.35. The molecule has 0 atom stereocenters. The van der Waals surface area contributed by atoms with Gasteiger partial charge in [-0.1, -0.05) is 24.3 Å². The van der Waals surface area contributed by atoms with Crippen molar-refractivity contribution >= 4 is 10.8 Å². The van der Waals surface area contributed by atoms with Gasteiger partial charge in [0.05, 0.1) is 17.6 Å². The predicted octanol–water partition coefficient (Wildman–Crippen LogP) is 1.49. The van der Waals surface area contributed by atoms with Crippen molar-refractivity contribution in [1.82, 2.24) is 14.8 Å². The van der Waals surface area contributed by atoms with E-state index in [9.17, 15) is 4.79 Å². The van der Waals surface area contributed by atoms with E-state index >= 15 is 0 Å². The molecule has 0 amide bonds. The topological polar surface area (TPSA) is 73.8 Å². The van der Waals surface area contributed by atoms with Crippen molar-refractivity contribution in [3.05, 3.63) is 70.4 Å². The largest absolute Gasteiger partial charge is 0.325 e. The zero-order chi connectivity index (χ0) is 14.7. The fourth-order valence-corrected chi connectivity index (χ4v) is 2.37. The molecule has 0 saturated heterocycles. The van der Waals surface area contributed by atoms with Crippen molar-refractivity contribution in [2.45, 2.75) is 19.5 Å². The zero-order valence-corrected chi connectivity index (χ0v) is 11.6. The lowest BCUT2D eigenvalue weighted by molar-refractivity contribution is 0.567. The molecule has 0 fully saturated rings. The molecule has 0 unspecified atom stereocenters. The maximum absolute atomic E-state index is 12.5. The van der Waals surface area contributed by atoms with Gasteiger partial charge in [0.15, 0.2) is 0 Å². The molecule has 5 heteroatoms. The van der Waals surface area contributed by atoms with E-state index in [2.05, 4.69) is 10.1 Å². The first-order chi connectivity index (χ1) is 10.3. The van der Waals surface area contributed by atoms with Crippen LogP contribution in [0.5, 0.6) is 0 Å². The number of rotatable bonds is 4. The predicted molar refractivity (Wildman–Crippen MR) is 81.8 cm³/mol. The summed E-state index contributed by atoms with van der Waals surface area (Å²) in [5.74, 6) is 0. The van der Waals surface area contributed by atoms with Crippen molar-refractivity contribution in [2.24, 2.45) is 5.73 Å². The standard InChI is InChI=1S/C16H16N4O/c17-11-15-13-6-1-2-7-14(13)16(21)20(19-15)10-8-12-5-3-4-9-18-12/h1-7,9H,8,10-11,17H2. The molecule has 0 aliphatic rings. The molecular formula is C16H16N4O. The lowest BCUT2D eigenvalue weighted by Crippen LogP contribution is -2.26. The highest BCUT2D eigenvalue weighted by molar-refractivity contribution is 5.83. The number of fused-ring (bicyclic) bond motifs is 1. The van der Waals surface area contributed by atoms with Gasteiger partial charge in [0.1, 0.15) is 0 Å². The highest BCUT2D eigenvalue weighted by Gasteiger charge is 2.09. The Hall–Kier alpha value is -2.53. The van der Waals surface area contributed by atoms with Gasteiger partial charge in [-0.25, -0.2) is 4.68 Å². The van der Waals surface area contributed by atoms with Crippen LogP contribution >= 0.6 is 0 Å². The highest BCUT2D eigenvalue weighted by atomic mass is 16.1. The van der Waals surface area contributed by atoms with Gasteiger partial charge >= 0.3 is 0 Å². The molecule has 1 aromatic carbocycles. The SMILES string of the molecule is NCc1nn(CCc2ccccn2)c(=O)c2ccccc12. The molecule has 3 rings (SSSR count). The van der Waals surface area contributed by atoms with Gasteiger partial charge < -0.3 is 5.73 Å². The van der Waals surface area contributed by atoms with Crippen LogP contribution in [0.15, 0.2) is 53.5 Å². The molecule has 0 saturated carbocycles. The second kappa shape index (κ2) is 5.85. The smallest absolute Gasteiger partial charge is 0.274 e. The van der Waals surface area contributed by atoms with Crippen LogP contribution < -0.4 is 11.3 Å². The lowest BCUT2D eigenvalue weighted by atomic mass is 10.1. The highest BCUT2D eigenvalue weighted by Crippen LogP contribution is 2.12. The van der Waals surface area contributed by atoms with Crippen LogP contribution in [0.2, 0.25) is 0 Å². The van der Waals surface area contributed by atoms with E-state index in [-0.39, 0.29) is 5.56 Å². The summed E-state index contributed by atoms with van der Waals surface area (Å²) in [6, 6.07) is 13.2. The number of nitrogens with zero attached hydrogens (tertiary/aromatic N) is 3. The molecule has 0 radical (unpaired) electrons. The number of aryl methyl sites for hydroxylation is 2. The van der Waals surface area contributed by atoms with Gasteiger partial charge in [-0.05, 0) is 18.2 Å². The second-order valence-corrected chi connectivity index (χ2v) is 4.80. The third-order valence-corrected chi connectivity index (χ3v) is 3.44. The number of hydrogen-bond acceptors (Lipinski definition) is 4.